The summed E-state index contributed by atoms with van der Waals surface area (Å²) in [6, 6.07) is 12.3. The first-order valence-electron chi connectivity index (χ1n) is 8.65. The Hall–Kier alpha value is -2.50. The quantitative estimate of drug-likeness (QED) is 0.688. The molecule has 128 valence electrons. The smallest absolute Gasteiger partial charge is 0.151 e. The van der Waals surface area contributed by atoms with Crippen LogP contribution in [0.25, 0.3) is 16.9 Å². The van der Waals surface area contributed by atoms with Crippen molar-refractivity contribution in [3.8, 4) is 11.3 Å². The van der Waals surface area contributed by atoms with Crippen LogP contribution in [0.1, 0.15) is 15.9 Å². The predicted octanol–water partition coefficient (Wildman–Crippen LogP) is 2.56. The van der Waals surface area contributed by atoms with Gasteiger partial charge in [-0.05, 0) is 24.7 Å². The van der Waals surface area contributed by atoms with Gasteiger partial charge in [-0.25, -0.2) is 4.98 Å². The van der Waals surface area contributed by atoms with Crippen LogP contribution in [0.5, 0.6) is 0 Å². The number of imidazole rings is 1. The van der Waals surface area contributed by atoms with Crippen LogP contribution in [0.15, 0.2) is 48.8 Å². The van der Waals surface area contributed by atoms with E-state index < -0.39 is 0 Å². The molecule has 0 bridgehead atoms. The molecule has 0 amide bonds. The molecule has 25 heavy (non-hydrogen) atoms. The number of piperazine rings is 1. The first-order valence-corrected chi connectivity index (χ1v) is 8.65. The van der Waals surface area contributed by atoms with Gasteiger partial charge in [0.1, 0.15) is 5.65 Å². The number of carbonyl (C=O) groups excluding carboxylic acids is 1. The van der Waals surface area contributed by atoms with E-state index >= 15 is 0 Å². The normalized spacial score (nSPS) is 16.4. The molecule has 0 radical (unpaired) electrons. The van der Waals surface area contributed by atoms with E-state index in [-0.39, 0.29) is 0 Å². The third-order valence-electron chi connectivity index (χ3n) is 4.92. The summed E-state index contributed by atoms with van der Waals surface area (Å²) >= 11 is 0. The maximum Gasteiger partial charge on any atom is 0.151 e. The van der Waals surface area contributed by atoms with Gasteiger partial charge in [0.05, 0.1) is 11.9 Å². The molecule has 3 heterocycles. The molecule has 3 aromatic rings. The van der Waals surface area contributed by atoms with Gasteiger partial charge in [0.25, 0.3) is 0 Å². The first kappa shape index (κ1) is 16.0. The molecule has 0 N–H and O–H groups in total. The summed E-state index contributed by atoms with van der Waals surface area (Å²) in [5, 5.41) is 0. The lowest BCUT2D eigenvalue weighted by atomic mass is 10.1. The Morgan fingerprint density at radius 2 is 1.80 bits per heavy atom. The van der Waals surface area contributed by atoms with Crippen molar-refractivity contribution in [1.29, 1.82) is 0 Å². The van der Waals surface area contributed by atoms with Crippen LogP contribution >= 0.6 is 0 Å². The summed E-state index contributed by atoms with van der Waals surface area (Å²) < 4.78 is 1.97. The highest BCUT2D eigenvalue weighted by Gasteiger charge is 2.14. The minimum atomic E-state index is 0.651. The van der Waals surface area contributed by atoms with Gasteiger partial charge >= 0.3 is 0 Å². The number of hydrogen-bond donors (Lipinski definition) is 0. The van der Waals surface area contributed by atoms with Crippen molar-refractivity contribution in [1.82, 2.24) is 19.2 Å². The summed E-state index contributed by atoms with van der Waals surface area (Å²) in [6.45, 7) is 5.52. The maximum absolute atomic E-state index is 11.0. The van der Waals surface area contributed by atoms with Crippen molar-refractivity contribution >= 4 is 11.9 Å². The Morgan fingerprint density at radius 1 is 1.04 bits per heavy atom. The van der Waals surface area contributed by atoms with E-state index in [1.165, 1.54) is 5.56 Å². The number of nitrogens with zero attached hydrogens (tertiary/aromatic N) is 4. The van der Waals surface area contributed by atoms with Crippen LogP contribution in [0.3, 0.4) is 0 Å². The second kappa shape index (κ2) is 6.78. The number of pyridine rings is 1. The van der Waals surface area contributed by atoms with Crippen LogP contribution in [-0.4, -0.2) is 58.7 Å². The largest absolute Gasteiger partial charge is 0.304 e. The van der Waals surface area contributed by atoms with Gasteiger partial charge in [-0.1, -0.05) is 24.3 Å². The molecule has 0 saturated carbocycles. The van der Waals surface area contributed by atoms with Crippen molar-refractivity contribution in [2.75, 3.05) is 33.2 Å². The van der Waals surface area contributed by atoms with Gasteiger partial charge in [0.15, 0.2) is 6.29 Å². The summed E-state index contributed by atoms with van der Waals surface area (Å²) in [6.07, 6.45) is 4.56. The Kier molecular flexibility index (Phi) is 4.34. The molecule has 0 unspecified atom stereocenters. The van der Waals surface area contributed by atoms with Gasteiger partial charge in [-0.3, -0.25) is 14.1 Å². The molecular weight excluding hydrogens is 312 g/mol. The van der Waals surface area contributed by atoms with Crippen LogP contribution in [0.2, 0.25) is 0 Å². The Balaban J connectivity index is 1.55. The lowest BCUT2D eigenvalue weighted by Gasteiger charge is -2.32. The number of carbonyl (C=O) groups is 1. The van der Waals surface area contributed by atoms with E-state index in [9.17, 15) is 4.79 Å². The number of benzene rings is 1. The second-order valence-electron chi connectivity index (χ2n) is 6.73. The van der Waals surface area contributed by atoms with Crippen molar-refractivity contribution < 1.29 is 4.79 Å². The number of fused-ring (bicyclic) bond motifs is 1. The standard InChI is InChI=1S/C20H22N4O/c1-22-8-10-23(11-9-22)13-16-2-5-18(6-3-16)19-12-21-20-7-4-17(15-25)14-24(19)20/h2-7,12,14-15H,8-11,13H2,1H3. The number of likely N-dealkylation sites (N-methyl/N-ethyl adjacent to an activating group) is 1. The maximum atomic E-state index is 11.0. The highest BCUT2D eigenvalue weighted by molar-refractivity contribution is 5.76. The molecule has 0 aliphatic carbocycles. The van der Waals surface area contributed by atoms with E-state index in [2.05, 4.69) is 46.1 Å². The summed E-state index contributed by atoms with van der Waals surface area (Å²) in [5.41, 5.74) is 4.94. The minimum Gasteiger partial charge on any atom is -0.304 e. The zero-order valence-electron chi connectivity index (χ0n) is 14.4. The van der Waals surface area contributed by atoms with Gasteiger partial charge in [0.2, 0.25) is 0 Å². The molecule has 1 aliphatic heterocycles. The molecular formula is C20H22N4O. The van der Waals surface area contributed by atoms with Gasteiger partial charge in [-0.15, -0.1) is 0 Å². The average molecular weight is 334 g/mol. The zero-order chi connectivity index (χ0) is 17.2. The molecule has 1 fully saturated rings. The molecule has 0 atom stereocenters. The fraction of sp³-hybridized carbons (Fsp3) is 0.300. The molecule has 2 aromatic heterocycles. The molecule has 5 nitrogen and oxygen atoms in total. The summed E-state index contributed by atoms with van der Waals surface area (Å²) in [5.74, 6) is 0. The Morgan fingerprint density at radius 3 is 2.52 bits per heavy atom. The predicted molar refractivity (Wildman–Crippen MR) is 98.8 cm³/mol. The van der Waals surface area contributed by atoms with Crippen LogP contribution < -0.4 is 0 Å². The number of hydrogen-bond acceptors (Lipinski definition) is 4. The van der Waals surface area contributed by atoms with Crippen molar-refractivity contribution in [2.45, 2.75) is 6.54 Å². The van der Waals surface area contributed by atoms with Crippen LogP contribution in [-0.2, 0) is 6.54 Å². The van der Waals surface area contributed by atoms with E-state index in [0.29, 0.717) is 5.56 Å². The second-order valence-corrected chi connectivity index (χ2v) is 6.73. The van der Waals surface area contributed by atoms with E-state index in [1.807, 2.05) is 22.9 Å². The minimum absolute atomic E-state index is 0.651. The SMILES string of the molecule is CN1CCN(Cc2ccc(-c3cnc4ccc(C=O)cn34)cc2)CC1. The average Bonchev–Trinajstić information content (AvgIpc) is 3.07. The van der Waals surface area contributed by atoms with Crippen molar-refractivity contribution in [3.05, 3.63) is 59.9 Å². The van der Waals surface area contributed by atoms with Crippen molar-refractivity contribution in [2.24, 2.45) is 0 Å². The lowest BCUT2D eigenvalue weighted by Crippen LogP contribution is -2.43. The number of aromatic nitrogens is 2. The fourth-order valence-corrected chi connectivity index (χ4v) is 3.33. The van der Waals surface area contributed by atoms with Gasteiger partial charge < -0.3 is 4.90 Å². The molecule has 0 spiro atoms. The van der Waals surface area contributed by atoms with Crippen molar-refractivity contribution in [3.63, 3.8) is 0 Å². The molecule has 5 heteroatoms. The molecule has 1 aromatic carbocycles. The van der Waals surface area contributed by atoms with Crippen LogP contribution in [0, 0.1) is 0 Å². The fourth-order valence-electron chi connectivity index (χ4n) is 3.33. The molecule has 1 aliphatic rings. The zero-order valence-corrected chi connectivity index (χ0v) is 14.4. The van der Waals surface area contributed by atoms with E-state index in [4.69, 9.17) is 0 Å². The summed E-state index contributed by atoms with van der Waals surface area (Å²) in [4.78, 5) is 20.3. The molecule has 4 rings (SSSR count). The first-order chi connectivity index (χ1) is 12.2. The van der Waals surface area contributed by atoms with Gasteiger partial charge in [-0.2, -0.15) is 0 Å². The van der Waals surface area contributed by atoms with E-state index in [0.717, 1.165) is 55.9 Å². The van der Waals surface area contributed by atoms with Gasteiger partial charge in [0, 0.05) is 50.0 Å². The third-order valence-corrected chi connectivity index (χ3v) is 4.92. The van der Waals surface area contributed by atoms with E-state index in [1.54, 1.807) is 6.07 Å². The number of rotatable bonds is 4. The topological polar surface area (TPSA) is 40.8 Å². The number of aldehydes is 1. The lowest BCUT2D eigenvalue weighted by molar-refractivity contribution is 0.112. The van der Waals surface area contributed by atoms with Crippen LogP contribution in [0.4, 0.5) is 0 Å². The molecule has 1 saturated heterocycles. The highest BCUT2D eigenvalue weighted by atomic mass is 16.1. The third kappa shape index (κ3) is 3.34. The Bertz CT molecular complexity index is 876. The summed E-state index contributed by atoms with van der Waals surface area (Å²) in [7, 11) is 2.18. The monoisotopic (exact) mass is 334 g/mol. The Labute approximate surface area is 147 Å². The highest BCUT2D eigenvalue weighted by Crippen LogP contribution is 2.22.